The van der Waals surface area contributed by atoms with Gasteiger partial charge in [-0.3, -0.25) is 0 Å². The molecular formula is C7H4F3N5O. The standard InChI is InChI=1S/C7H4F3N5O/c8-7(9,10)5-14-4(15-16-5)3-1-2-12-6(11)13-3/h1-2H,(H2,11,12,13). The molecule has 0 unspecified atom stereocenters. The molecule has 6 nitrogen and oxygen atoms in total. The van der Waals surface area contributed by atoms with Crippen molar-refractivity contribution in [3.8, 4) is 11.5 Å². The lowest BCUT2D eigenvalue weighted by Crippen LogP contribution is -2.05. The number of hydrogen-bond donors (Lipinski definition) is 1. The maximum Gasteiger partial charge on any atom is 0.471 e. The summed E-state index contributed by atoms with van der Waals surface area (Å²) < 4.78 is 40.5. The summed E-state index contributed by atoms with van der Waals surface area (Å²) in [5.74, 6) is -1.81. The van der Waals surface area contributed by atoms with Crippen molar-refractivity contribution < 1.29 is 17.7 Å². The van der Waals surface area contributed by atoms with E-state index < -0.39 is 12.1 Å². The molecule has 2 rings (SSSR count). The van der Waals surface area contributed by atoms with E-state index in [1.807, 2.05) is 0 Å². The molecule has 0 radical (unpaired) electrons. The number of aromatic nitrogens is 4. The highest BCUT2D eigenvalue weighted by molar-refractivity contribution is 5.49. The molecule has 0 atom stereocenters. The highest BCUT2D eigenvalue weighted by atomic mass is 19.4. The first-order chi connectivity index (χ1) is 7.47. The molecule has 0 bridgehead atoms. The van der Waals surface area contributed by atoms with Crippen molar-refractivity contribution in [2.45, 2.75) is 6.18 Å². The maximum atomic E-state index is 12.1. The van der Waals surface area contributed by atoms with Crippen molar-refractivity contribution >= 4 is 5.95 Å². The van der Waals surface area contributed by atoms with E-state index in [0.717, 1.165) is 0 Å². The van der Waals surface area contributed by atoms with Gasteiger partial charge in [-0.15, -0.1) is 0 Å². The van der Waals surface area contributed by atoms with Crippen LogP contribution >= 0.6 is 0 Å². The fourth-order valence-electron chi connectivity index (χ4n) is 0.941. The van der Waals surface area contributed by atoms with Crippen LogP contribution in [0.5, 0.6) is 0 Å². The molecule has 0 aliphatic carbocycles. The summed E-state index contributed by atoms with van der Waals surface area (Å²) in [6.07, 6.45) is -3.40. The minimum absolute atomic E-state index is 0.0618. The Morgan fingerprint density at radius 2 is 2.00 bits per heavy atom. The Morgan fingerprint density at radius 1 is 1.25 bits per heavy atom. The molecule has 2 N–H and O–H groups in total. The van der Waals surface area contributed by atoms with Crippen LogP contribution in [0.25, 0.3) is 11.5 Å². The smallest absolute Gasteiger partial charge is 0.368 e. The molecular weight excluding hydrogens is 227 g/mol. The van der Waals surface area contributed by atoms with Gasteiger partial charge in [-0.05, 0) is 6.07 Å². The van der Waals surface area contributed by atoms with Gasteiger partial charge in [0, 0.05) is 6.20 Å². The lowest BCUT2D eigenvalue weighted by Gasteiger charge is -1.96. The highest BCUT2D eigenvalue weighted by Crippen LogP contribution is 2.28. The van der Waals surface area contributed by atoms with Crippen molar-refractivity contribution in [2.75, 3.05) is 5.73 Å². The van der Waals surface area contributed by atoms with Crippen LogP contribution in [-0.4, -0.2) is 20.1 Å². The van der Waals surface area contributed by atoms with Gasteiger partial charge in [0.2, 0.25) is 11.8 Å². The number of anilines is 1. The average Bonchev–Trinajstić information content (AvgIpc) is 2.65. The Kier molecular flexibility index (Phi) is 2.22. The molecule has 0 saturated heterocycles. The Morgan fingerprint density at radius 3 is 2.56 bits per heavy atom. The van der Waals surface area contributed by atoms with Crippen molar-refractivity contribution in [2.24, 2.45) is 0 Å². The quantitative estimate of drug-likeness (QED) is 0.790. The zero-order chi connectivity index (χ0) is 11.8. The minimum Gasteiger partial charge on any atom is -0.368 e. The van der Waals surface area contributed by atoms with Crippen molar-refractivity contribution in [1.29, 1.82) is 0 Å². The van der Waals surface area contributed by atoms with E-state index in [1.165, 1.54) is 12.3 Å². The van der Waals surface area contributed by atoms with Gasteiger partial charge in [-0.2, -0.15) is 18.2 Å². The monoisotopic (exact) mass is 231 g/mol. The predicted octanol–water partition coefficient (Wildman–Crippen LogP) is 1.13. The van der Waals surface area contributed by atoms with E-state index in [0.29, 0.717) is 0 Å². The Bertz CT molecular complexity index is 509. The van der Waals surface area contributed by atoms with E-state index >= 15 is 0 Å². The first-order valence-corrected chi connectivity index (χ1v) is 3.96. The third-order valence-corrected chi connectivity index (χ3v) is 1.57. The third kappa shape index (κ3) is 1.92. The summed E-state index contributed by atoms with van der Waals surface area (Å²) in [4.78, 5) is 10.4. The molecule has 0 amide bonds. The first-order valence-electron chi connectivity index (χ1n) is 3.96. The molecule has 9 heteroatoms. The number of alkyl halides is 3. The number of nitrogens with two attached hydrogens (primary N) is 1. The Balaban J connectivity index is 2.39. The van der Waals surface area contributed by atoms with Gasteiger partial charge in [0.05, 0.1) is 0 Å². The maximum absolute atomic E-state index is 12.1. The third-order valence-electron chi connectivity index (χ3n) is 1.57. The Hall–Kier alpha value is -2.19. The number of nitrogen functional groups attached to an aromatic ring is 1. The van der Waals surface area contributed by atoms with Gasteiger partial charge in [0.25, 0.3) is 0 Å². The van der Waals surface area contributed by atoms with Crippen molar-refractivity contribution in [1.82, 2.24) is 20.1 Å². The molecule has 2 aromatic heterocycles. The fourth-order valence-corrected chi connectivity index (χ4v) is 0.941. The molecule has 0 aliphatic heterocycles. The van der Waals surface area contributed by atoms with Crippen LogP contribution in [0, 0.1) is 0 Å². The van der Waals surface area contributed by atoms with Crippen LogP contribution < -0.4 is 5.73 Å². The fraction of sp³-hybridized carbons (Fsp3) is 0.143. The molecule has 2 heterocycles. The summed E-state index contributed by atoms with van der Waals surface area (Å²) >= 11 is 0. The van der Waals surface area contributed by atoms with Crippen LogP contribution in [0.1, 0.15) is 5.89 Å². The van der Waals surface area contributed by atoms with Gasteiger partial charge < -0.3 is 10.3 Å². The van der Waals surface area contributed by atoms with Crippen molar-refractivity contribution in [3.05, 3.63) is 18.2 Å². The summed E-state index contributed by atoms with van der Waals surface area (Å²) in [6.45, 7) is 0. The summed E-state index contributed by atoms with van der Waals surface area (Å²) in [5, 5.41) is 3.14. The second-order valence-electron chi connectivity index (χ2n) is 2.72. The number of halogens is 3. The minimum atomic E-state index is -4.68. The number of hydrogen-bond acceptors (Lipinski definition) is 6. The number of rotatable bonds is 1. The topological polar surface area (TPSA) is 90.7 Å². The molecule has 0 fully saturated rings. The van der Waals surface area contributed by atoms with Gasteiger partial charge >= 0.3 is 12.1 Å². The van der Waals surface area contributed by atoms with Gasteiger partial charge in [0.1, 0.15) is 5.69 Å². The van der Waals surface area contributed by atoms with E-state index in [4.69, 9.17) is 5.73 Å². The molecule has 0 saturated carbocycles. The molecule has 0 aromatic carbocycles. The second-order valence-corrected chi connectivity index (χ2v) is 2.72. The lowest BCUT2D eigenvalue weighted by atomic mass is 10.4. The summed E-state index contributed by atoms with van der Waals surface area (Å²) in [5.41, 5.74) is 5.32. The van der Waals surface area contributed by atoms with Crippen LogP contribution in [0.15, 0.2) is 16.8 Å². The van der Waals surface area contributed by atoms with Gasteiger partial charge in [-0.25, -0.2) is 9.97 Å². The molecule has 0 spiro atoms. The SMILES string of the molecule is Nc1nccc(-c2noc(C(F)(F)F)n2)n1. The summed E-state index contributed by atoms with van der Waals surface area (Å²) in [6, 6.07) is 1.32. The second kappa shape index (κ2) is 3.43. The van der Waals surface area contributed by atoms with E-state index in [2.05, 4.69) is 24.6 Å². The Labute approximate surface area is 86.3 Å². The van der Waals surface area contributed by atoms with Crippen LogP contribution in [0.4, 0.5) is 19.1 Å². The van der Waals surface area contributed by atoms with E-state index in [9.17, 15) is 13.2 Å². The first kappa shape index (κ1) is 10.3. The molecule has 2 aromatic rings. The lowest BCUT2D eigenvalue weighted by molar-refractivity contribution is -0.159. The van der Waals surface area contributed by atoms with Gasteiger partial charge in [0.15, 0.2) is 0 Å². The zero-order valence-electron chi connectivity index (χ0n) is 7.56. The average molecular weight is 231 g/mol. The van der Waals surface area contributed by atoms with Crippen LogP contribution in [-0.2, 0) is 6.18 Å². The predicted molar refractivity (Wildman–Crippen MR) is 44.7 cm³/mol. The van der Waals surface area contributed by atoms with E-state index in [1.54, 1.807) is 0 Å². The largest absolute Gasteiger partial charge is 0.471 e. The normalized spacial score (nSPS) is 11.7. The molecule has 0 aliphatic rings. The molecule has 84 valence electrons. The van der Waals surface area contributed by atoms with E-state index in [-0.39, 0.29) is 17.5 Å². The molecule has 16 heavy (non-hydrogen) atoms. The van der Waals surface area contributed by atoms with Crippen LogP contribution in [0.3, 0.4) is 0 Å². The van der Waals surface area contributed by atoms with Crippen LogP contribution in [0.2, 0.25) is 0 Å². The number of nitrogens with zero attached hydrogens (tertiary/aromatic N) is 4. The van der Waals surface area contributed by atoms with Crippen molar-refractivity contribution in [3.63, 3.8) is 0 Å². The summed E-state index contributed by atoms with van der Waals surface area (Å²) in [7, 11) is 0. The zero-order valence-corrected chi connectivity index (χ0v) is 7.56. The highest BCUT2D eigenvalue weighted by Gasteiger charge is 2.38. The van der Waals surface area contributed by atoms with Gasteiger partial charge in [-0.1, -0.05) is 5.16 Å².